The summed E-state index contributed by atoms with van der Waals surface area (Å²) < 4.78 is 28.0. The van der Waals surface area contributed by atoms with E-state index in [4.69, 9.17) is 0 Å². The lowest BCUT2D eigenvalue weighted by Crippen LogP contribution is -2.37. The van der Waals surface area contributed by atoms with Crippen molar-refractivity contribution >= 4 is 26.0 Å². The van der Waals surface area contributed by atoms with Gasteiger partial charge in [0.15, 0.2) is 0 Å². The van der Waals surface area contributed by atoms with E-state index in [-0.39, 0.29) is 6.04 Å². The summed E-state index contributed by atoms with van der Waals surface area (Å²) >= 11 is 3.42. The molecule has 3 rings (SSSR count). The molecule has 1 saturated heterocycles. The van der Waals surface area contributed by atoms with Crippen molar-refractivity contribution < 1.29 is 8.42 Å². The predicted molar refractivity (Wildman–Crippen MR) is 81.9 cm³/mol. The van der Waals surface area contributed by atoms with Gasteiger partial charge in [-0.1, -0.05) is 6.07 Å². The Balaban J connectivity index is 1.91. The Kier molecular flexibility index (Phi) is 3.92. The molecule has 0 spiro atoms. The lowest BCUT2D eigenvalue weighted by atomic mass is 10.1. The predicted octanol–water partition coefficient (Wildman–Crippen LogP) is 2.34. The molecular formula is C14H19BrN2O2S. The number of fused-ring (bicyclic) bond motifs is 2. The van der Waals surface area contributed by atoms with Gasteiger partial charge in [0.2, 0.25) is 10.0 Å². The number of piperidine rings is 1. The molecule has 0 aromatic heterocycles. The van der Waals surface area contributed by atoms with E-state index in [9.17, 15) is 8.42 Å². The van der Waals surface area contributed by atoms with Crippen LogP contribution >= 0.6 is 15.9 Å². The number of nitrogens with one attached hydrogen (secondary N) is 1. The van der Waals surface area contributed by atoms with Crippen LogP contribution in [0.25, 0.3) is 0 Å². The zero-order chi connectivity index (χ0) is 14.3. The molecule has 110 valence electrons. The van der Waals surface area contributed by atoms with Crippen molar-refractivity contribution in [1.82, 2.24) is 9.62 Å². The first-order valence-corrected chi connectivity index (χ1v) is 9.20. The molecule has 2 atom stereocenters. The van der Waals surface area contributed by atoms with E-state index in [1.165, 1.54) is 6.42 Å². The summed E-state index contributed by atoms with van der Waals surface area (Å²) in [6, 6.07) is 5.70. The van der Waals surface area contributed by atoms with Crippen LogP contribution in [0, 0.1) is 5.92 Å². The average molecular weight is 359 g/mol. The SMILES string of the molecule is CNCc1ccc(S(=O)(=O)N2CC3CCC2C3)c(Br)c1. The Morgan fingerprint density at radius 2 is 2.20 bits per heavy atom. The van der Waals surface area contributed by atoms with E-state index in [0.717, 1.165) is 24.9 Å². The third-order valence-corrected chi connectivity index (χ3v) is 7.22. The molecule has 20 heavy (non-hydrogen) atoms. The Morgan fingerprint density at radius 1 is 1.40 bits per heavy atom. The van der Waals surface area contributed by atoms with Gasteiger partial charge in [-0.25, -0.2) is 8.42 Å². The molecule has 1 aliphatic heterocycles. The quantitative estimate of drug-likeness (QED) is 0.898. The van der Waals surface area contributed by atoms with E-state index in [1.807, 2.05) is 19.2 Å². The van der Waals surface area contributed by atoms with Crippen molar-refractivity contribution in [2.75, 3.05) is 13.6 Å². The normalized spacial score (nSPS) is 26.3. The molecule has 1 heterocycles. The number of nitrogens with zero attached hydrogens (tertiary/aromatic N) is 1. The van der Waals surface area contributed by atoms with Crippen LogP contribution in [0.2, 0.25) is 0 Å². The highest BCUT2D eigenvalue weighted by atomic mass is 79.9. The smallest absolute Gasteiger partial charge is 0.244 e. The summed E-state index contributed by atoms with van der Waals surface area (Å²) in [5, 5.41) is 3.07. The summed E-state index contributed by atoms with van der Waals surface area (Å²) in [6.45, 7) is 1.42. The van der Waals surface area contributed by atoms with Crippen LogP contribution in [-0.4, -0.2) is 32.4 Å². The zero-order valence-corrected chi connectivity index (χ0v) is 13.9. The van der Waals surface area contributed by atoms with Crippen molar-refractivity contribution in [2.24, 2.45) is 5.92 Å². The Hall–Kier alpha value is -0.430. The Labute approximate surface area is 128 Å². The third-order valence-electron chi connectivity index (χ3n) is 4.32. The van der Waals surface area contributed by atoms with Gasteiger partial charge in [-0.3, -0.25) is 0 Å². The number of halogens is 1. The summed E-state index contributed by atoms with van der Waals surface area (Å²) in [6.07, 6.45) is 3.23. The second kappa shape index (κ2) is 5.40. The Bertz CT molecular complexity index is 618. The fourth-order valence-electron chi connectivity index (χ4n) is 3.37. The fraction of sp³-hybridized carbons (Fsp3) is 0.571. The number of rotatable bonds is 4. The van der Waals surface area contributed by atoms with Crippen LogP contribution in [0.15, 0.2) is 27.6 Å². The van der Waals surface area contributed by atoms with Gasteiger partial charge < -0.3 is 5.32 Å². The molecule has 6 heteroatoms. The summed E-state index contributed by atoms with van der Waals surface area (Å²) in [5.74, 6) is 0.567. The van der Waals surface area contributed by atoms with Crippen LogP contribution in [0.1, 0.15) is 24.8 Å². The van der Waals surface area contributed by atoms with Gasteiger partial charge in [-0.2, -0.15) is 4.31 Å². The largest absolute Gasteiger partial charge is 0.316 e. The molecule has 0 radical (unpaired) electrons. The minimum atomic E-state index is -3.37. The van der Waals surface area contributed by atoms with Crippen molar-refractivity contribution in [3.63, 3.8) is 0 Å². The first-order chi connectivity index (χ1) is 9.52. The van der Waals surface area contributed by atoms with Crippen LogP contribution in [0.3, 0.4) is 0 Å². The molecule has 0 amide bonds. The minimum absolute atomic E-state index is 0.217. The van der Waals surface area contributed by atoms with E-state index in [0.29, 0.717) is 21.8 Å². The van der Waals surface area contributed by atoms with Gasteiger partial charge in [-0.05, 0) is 65.9 Å². The molecule has 4 nitrogen and oxygen atoms in total. The minimum Gasteiger partial charge on any atom is -0.316 e. The highest BCUT2D eigenvalue weighted by molar-refractivity contribution is 9.10. The van der Waals surface area contributed by atoms with Gasteiger partial charge in [0, 0.05) is 23.6 Å². The zero-order valence-electron chi connectivity index (χ0n) is 11.5. The van der Waals surface area contributed by atoms with E-state index in [2.05, 4.69) is 21.2 Å². The van der Waals surface area contributed by atoms with Crippen molar-refractivity contribution in [3.8, 4) is 0 Å². The lowest BCUT2D eigenvalue weighted by molar-refractivity contribution is 0.333. The topological polar surface area (TPSA) is 49.4 Å². The molecule has 2 unspecified atom stereocenters. The monoisotopic (exact) mass is 358 g/mol. The molecule has 1 aliphatic carbocycles. The fourth-order valence-corrected chi connectivity index (χ4v) is 6.20. The van der Waals surface area contributed by atoms with Gasteiger partial charge in [0.05, 0.1) is 4.90 Å². The maximum absolute atomic E-state index is 12.8. The highest BCUT2D eigenvalue weighted by Gasteiger charge is 2.44. The second-order valence-corrected chi connectivity index (χ2v) is 8.42. The summed E-state index contributed by atoms with van der Waals surface area (Å²) in [5.41, 5.74) is 1.07. The maximum atomic E-state index is 12.8. The van der Waals surface area contributed by atoms with Crippen LogP contribution < -0.4 is 5.32 Å². The molecule has 1 aromatic carbocycles. The molecular weight excluding hydrogens is 340 g/mol. The molecule has 2 fully saturated rings. The third kappa shape index (κ3) is 2.43. The first-order valence-electron chi connectivity index (χ1n) is 6.97. The van der Waals surface area contributed by atoms with Gasteiger partial charge in [0.1, 0.15) is 0 Å². The standard InChI is InChI=1S/C14H19BrN2O2S/c1-16-8-10-3-5-14(13(15)7-10)20(18,19)17-9-11-2-4-12(17)6-11/h3,5,7,11-12,16H,2,4,6,8-9H2,1H3. The maximum Gasteiger partial charge on any atom is 0.244 e. The van der Waals surface area contributed by atoms with E-state index < -0.39 is 10.0 Å². The Morgan fingerprint density at radius 3 is 2.75 bits per heavy atom. The second-order valence-electron chi connectivity index (χ2n) is 5.70. The van der Waals surface area contributed by atoms with Crippen molar-refractivity contribution in [1.29, 1.82) is 0 Å². The molecule has 2 bridgehead atoms. The van der Waals surface area contributed by atoms with Crippen LogP contribution in [-0.2, 0) is 16.6 Å². The van der Waals surface area contributed by atoms with E-state index >= 15 is 0 Å². The van der Waals surface area contributed by atoms with Gasteiger partial charge >= 0.3 is 0 Å². The summed E-state index contributed by atoms with van der Waals surface area (Å²) in [7, 11) is -1.49. The van der Waals surface area contributed by atoms with Crippen LogP contribution in [0.4, 0.5) is 0 Å². The van der Waals surface area contributed by atoms with Crippen molar-refractivity contribution in [3.05, 3.63) is 28.2 Å². The number of hydrogen-bond acceptors (Lipinski definition) is 3. The van der Waals surface area contributed by atoms with Gasteiger partial charge in [0.25, 0.3) is 0 Å². The molecule has 1 aromatic rings. The van der Waals surface area contributed by atoms with Gasteiger partial charge in [-0.15, -0.1) is 0 Å². The molecule has 1 N–H and O–H groups in total. The molecule has 1 saturated carbocycles. The highest BCUT2D eigenvalue weighted by Crippen LogP contribution is 2.41. The molecule has 2 aliphatic rings. The number of sulfonamides is 1. The average Bonchev–Trinajstić information content (AvgIpc) is 3.01. The van der Waals surface area contributed by atoms with E-state index in [1.54, 1.807) is 10.4 Å². The van der Waals surface area contributed by atoms with Crippen LogP contribution in [0.5, 0.6) is 0 Å². The number of hydrogen-bond donors (Lipinski definition) is 1. The van der Waals surface area contributed by atoms with Crippen molar-refractivity contribution in [2.45, 2.75) is 36.7 Å². The summed E-state index contributed by atoms with van der Waals surface area (Å²) in [4.78, 5) is 0.393. The lowest BCUT2D eigenvalue weighted by Gasteiger charge is -2.26. The number of benzene rings is 1. The first kappa shape index (κ1) is 14.5.